The van der Waals surface area contributed by atoms with Gasteiger partial charge in [-0.1, -0.05) is 12.1 Å². The fourth-order valence-electron chi connectivity index (χ4n) is 3.51. The van der Waals surface area contributed by atoms with Crippen molar-refractivity contribution in [2.75, 3.05) is 7.11 Å². The van der Waals surface area contributed by atoms with Crippen LogP contribution in [0.2, 0.25) is 0 Å². The second-order valence-corrected chi connectivity index (χ2v) is 8.04. The molecule has 0 saturated heterocycles. The van der Waals surface area contributed by atoms with Crippen LogP contribution >= 0.6 is 0 Å². The SMILES string of the molecule is COc1ccc(S(=O)(=O)n2cnc3ccccc32)c2c1C[C@@H](N)CC2. The molecule has 4 rings (SSSR count). The lowest BCUT2D eigenvalue weighted by atomic mass is 9.88. The van der Waals surface area contributed by atoms with Crippen LogP contribution < -0.4 is 10.5 Å². The lowest BCUT2D eigenvalue weighted by Crippen LogP contribution is -2.29. The van der Waals surface area contributed by atoms with Crippen LogP contribution in [-0.4, -0.2) is 30.5 Å². The molecule has 130 valence electrons. The molecule has 0 aliphatic heterocycles. The molecule has 3 aromatic rings. The minimum absolute atomic E-state index is 0.0217. The molecule has 1 heterocycles. The van der Waals surface area contributed by atoms with E-state index in [4.69, 9.17) is 10.5 Å². The standard InChI is InChI=1S/C18H19N3O3S/c1-24-17-8-9-18(13-7-6-12(19)10-14(13)17)25(22,23)21-11-20-15-4-2-3-5-16(15)21/h2-5,8-9,11-12H,6-7,10,19H2,1H3/t12-/m0/s1. The molecule has 0 bridgehead atoms. The molecular formula is C18H19N3O3S. The van der Waals surface area contributed by atoms with Gasteiger partial charge in [-0.05, 0) is 49.1 Å². The molecule has 0 spiro atoms. The summed E-state index contributed by atoms with van der Waals surface area (Å²) in [6.45, 7) is 0. The molecule has 0 unspecified atom stereocenters. The second kappa shape index (κ2) is 5.86. The summed E-state index contributed by atoms with van der Waals surface area (Å²) >= 11 is 0. The Bertz CT molecular complexity index is 1060. The number of methoxy groups -OCH3 is 1. The lowest BCUT2D eigenvalue weighted by Gasteiger charge is -2.25. The molecule has 1 aromatic heterocycles. The molecular weight excluding hydrogens is 338 g/mol. The largest absolute Gasteiger partial charge is 0.496 e. The van der Waals surface area contributed by atoms with Crippen LogP contribution in [0.25, 0.3) is 11.0 Å². The number of nitrogens with two attached hydrogens (primary N) is 1. The maximum absolute atomic E-state index is 13.3. The Labute approximate surface area is 146 Å². The van der Waals surface area contributed by atoms with E-state index in [9.17, 15) is 8.42 Å². The van der Waals surface area contributed by atoms with Gasteiger partial charge in [-0.15, -0.1) is 0 Å². The van der Waals surface area contributed by atoms with Gasteiger partial charge in [0.05, 0.1) is 23.0 Å². The Hall–Kier alpha value is -2.38. The number of imidazole rings is 1. The van der Waals surface area contributed by atoms with Crippen molar-refractivity contribution >= 4 is 21.1 Å². The van der Waals surface area contributed by atoms with E-state index in [1.807, 2.05) is 6.07 Å². The first-order valence-corrected chi connectivity index (χ1v) is 9.58. The third-order valence-corrected chi connectivity index (χ3v) is 6.50. The Balaban J connectivity index is 1.94. The molecule has 0 amide bonds. The summed E-state index contributed by atoms with van der Waals surface area (Å²) in [7, 11) is -2.16. The van der Waals surface area contributed by atoms with Gasteiger partial charge in [-0.3, -0.25) is 0 Å². The normalized spacial score (nSPS) is 17.4. The van der Waals surface area contributed by atoms with Crippen molar-refractivity contribution in [3.8, 4) is 5.75 Å². The van der Waals surface area contributed by atoms with E-state index in [2.05, 4.69) is 4.98 Å². The zero-order valence-corrected chi connectivity index (χ0v) is 14.7. The maximum Gasteiger partial charge on any atom is 0.269 e. The number of hydrogen-bond acceptors (Lipinski definition) is 5. The van der Waals surface area contributed by atoms with Crippen molar-refractivity contribution < 1.29 is 13.2 Å². The van der Waals surface area contributed by atoms with Gasteiger partial charge in [0.25, 0.3) is 10.0 Å². The molecule has 1 aliphatic carbocycles. The minimum Gasteiger partial charge on any atom is -0.496 e. The van der Waals surface area contributed by atoms with Gasteiger partial charge in [-0.25, -0.2) is 17.4 Å². The van der Waals surface area contributed by atoms with E-state index in [1.165, 1.54) is 10.3 Å². The molecule has 25 heavy (non-hydrogen) atoms. The summed E-state index contributed by atoms with van der Waals surface area (Å²) in [6.07, 6.45) is 3.36. The highest BCUT2D eigenvalue weighted by Crippen LogP contribution is 2.35. The van der Waals surface area contributed by atoms with Crippen LogP contribution in [0.3, 0.4) is 0 Å². The van der Waals surface area contributed by atoms with Gasteiger partial charge in [0, 0.05) is 11.6 Å². The maximum atomic E-state index is 13.3. The highest BCUT2D eigenvalue weighted by molar-refractivity contribution is 7.90. The van der Waals surface area contributed by atoms with E-state index < -0.39 is 10.0 Å². The molecule has 0 saturated carbocycles. The highest BCUT2D eigenvalue weighted by Gasteiger charge is 2.29. The Morgan fingerprint density at radius 3 is 2.80 bits per heavy atom. The number of ether oxygens (including phenoxy) is 1. The monoisotopic (exact) mass is 357 g/mol. The number of fused-ring (bicyclic) bond motifs is 2. The fraction of sp³-hybridized carbons (Fsp3) is 0.278. The highest BCUT2D eigenvalue weighted by atomic mass is 32.2. The van der Waals surface area contributed by atoms with Gasteiger partial charge < -0.3 is 10.5 Å². The lowest BCUT2D eigenvalue weighted by molar-refractivity contribution is 0.402. The summed E-state index contributed by atoms with van der Waals surface area (Å²) < 4.78 is 33.3. The predicted molar refractivity (Wildman–Crippen MR) is 95.3 cm³/mol. The topological polar surface area (TPSA) is 87.2 Å². The van der Waals surface area contributed by atoms with E-state index in [0.29, 0.717) is 34.5 Å². The summed E-state index contributed by atoms with van der Waals surface area (Å²) in [5.41, 5.74) is 9.00. The van der Waals surface area contributed by atoms with Crippen LogP contribution in [0.1, 0.15) is 17.5 Å². The molecule has 0 fully saturated rings. The van der Waals surface area contributed by atoms with Crippen molar-refractivity contribution in [2.24, 2.45) is 5.73 Å². The number of nitrogens with zero attached hydrogens (tertiary/aromatic N) is 2. The Morgan fingerprint density at radius 1 is 1.20 bits per heavy atom. The smallest absolute Gasteiger partial charge is 0.269 e. The minimum atomic E-state index is -3.75. The average Bonchev–Trinajstić information content (AvgIpc) is 3.05. The Morgan fingerprint density at radius 2 is 2.00 bits per heavy atom. The van der Waals surface area contributed by atoms with Crippen LogP contribution in [0.4, 0.5) is 0 Å². The first-order valence-electron chi connectivity index (χ1n) is 8.14. The van der Waals surface area contributed by atoms with Crippen LogP contribution in [0.15, 0.2) is 47.6 Å². The van der Waals surface area contributed by atoms with Crippen LogP contribution in [-0.2, 0) is 22.9 Å². The van der Waals surface area contributed by atoms with Crippen LogP contribution in [0, 0.1) is 0 Å². The summed E-state index contributed by atoms with van der Waals surface area (Å²) in [5, 5.41) is 0. The number of benzene rings is 2. The molecule has 0 radical (unpaired) electrons. The van der Waals surface area contributed by atoms with Crippen molar-refractivity contribution in [1.29, 1.82) is 0 Å². The van der Waals surface area contributed by atoms with E-state index in [0.717, 1.165) is 17.5 Å². The van der Waals surface area contributed by atoms with Gasteiger partial charge in [-0.2, -0.15) is 0 Å². The summed E-state index contributed by atoms with van der Waals surface area (Å²) in [5.74, 6) is 0.694. The number of hydrogen-bond donors (Lipinski definition) is 1. The van der Waals surface area contributed by atoms with E-state index in [-0.39, 0.29) is 6.04 Å². The summed E-state index contributed by atoms with van der Waals surface area (Å²) in [4.78, 5) is 4.51. The molecule has 1 atom stereocenters. The Kier molecular flexibility index (Phi) is 3.77. The molecule has 1 aliphatic rings. The third-order valence-electron chi connectivity index (χ3n) is 4.75. The first kappa shape index (κ1) is 16.1. The number of rotatable bonds is 3. The zero-order chi connectivity index (χ0) is 17.6. The van der Waals surface area contributed by atoms with E-state index in [1.54, 1.807) is 37.4 Å². The molecule has 2 N–H and O–H groups in total. The number of aromatic nitrogens is 2. The zero-order valence-electron chi connectivity index (χ0n) is 13.8. The second-order valence-electron chi connectivity index (χ2n) is 6.26. The fourth-order valence-corrected chi connectivity index (χ4v) is 5.08. The van der Waals surface area contributed by atoms with Crippen molar-refractivity contribution in [1.82, 2.24) is 8.96 Å². The van der Waals surface area contributed by atoms with Crippen molar-refractivity contribution in [2.45, 2.75) is 30.2 Å². The third kappa shape index (κ3) is 2.51. The van der Waals surface area contributed by atoms with Crippen molar-refractivity contribution in [3.63, 3.8) is 0 Å². The van der Waals surface area contributed by atoms with Crippen molar-refractivity contribution in [3.05, 3.63) is 53.9 Å². The quantitative estimate of drug-likeness (QED) is 0.776. The average molecular weight is 357 g/mol. The van der Waals surface area contributed by atoms with Gasteiger partial charge in [0.15, 0.2) is 0 Å². The van der Waals surface area contributed by atoms with Gasteiger partial charge >= 0.3 is 0 Å². The molecule has 7 heteroatoms. The predicted octanol–water partition coefficient (Wildman–Crippen LogP) is 2.10. The summed E-state index contributed by atoms with van der Waals surface area (Å²) in [6, 6.07) is 10.5. The van der Waals surface area contributed by atoms with Crippen LogP contribution in [0.5, 0.6) is 5.75 Å². The number of para-hydroxylation sites is 2. The van der Waals surface area contributed by atoms with Gasteiger partial charge in [0.2, 0.25) is 0 Å². The molecule has 6 nitrogen and oxygen atoms in total. The van der Waals surface area contributed by atoms with Gasteiger partial charge in [0.1, 0.15) is 12.1 Å². The molecule has 2 aromatic carbocycles. The van der Waals surface area contributed by atoms with E-state index >= 15 is 0 Å². The first-order chi connectivity index (χ1) is 12.0.